The Morgan fingerprint density at radius 2 is 1.62 bits per heavy atom. The van der Waals surface area contributed by atoms with Crippen molar-refractivity contribution in [3.05, 3.63) is 12.2 Å². The van der Waals surface area contributed by atoms with E-state index in [0.717, 1.165) is 57.1 Å². The quantitative estimate of drug-likeness (QED) is 0.112. The highest BCUT2D eigenvalue weighted by Crippen LogP contribution is 2.33. The SMILES string of the molecule is O=C(CCCC[C@@H]1SC[C@@H]2NC(=O)N[C@@H]21)NCCOCCOCCOCCNC(=O)O[C@@H]1CCC=CCCC1. The summed E-state index contributed by atoms with van der Waals surface area (Å²) < 4.78 is 21.9. The molecule has 4 N–H and O–H groups in total. The van der Waals surface area contributed by atoms with E-state index in [1.165, 1.54) is 0 Å². The van der Waals surface area contributed by atoms with Gasteiger partial charge in [0.25, 0.3) is 0 Å². The fourth-order valence-corrected chi connectivity index (χ4v) is 6.37. The van der Waals surface area contributed by atoms with E-state index in [2.05, 4.69) is 33.4 Å². The van der Waals surface area contributed by atoms with Crippen LogP contribution >= 0.6 is 11.8 Å². The molecule has 0 bridgehead atoms. The molecule has 2 heterocycles. The van der Waals surface area contributed by atoms with Gasteiger partial charge in [-0.2, -0.15) is 11.8 Å². The van der Waals surface area contributed by atoms with Gasteiger partial charge < -0.3 is 40.2 Å². The maximum Gasteiger partial charge on any atom is 0.407 e. The van der Waals surface area contributed by atoms with E-state index in [1.807, 2.05) is 11.8 Å². The molecule has 4 atom stereocenters. The molecule has 0 spiro atoms. The van der Waals surface area contributed by atoms with Crippen molar-refractivity contribution in [3.8, 4) is 0 Å². The van der Waals surface area contributed by atoms with Crippen LogP contribution in [0.25, 0.3) is 0 Å². The minimum Gasteiger partial charge on any atom is -0.446 e. The Morgan fingerprint density at radius 3 is 2.41 bits per heavy atom. The number of nitrogens with one attached hydrogen (secondary N) is 4. The molecule has 2 fully saturated rings. The summed E-state index contributed by atoms with van der Waals surface area (Å²) in [6.07, 6.45) is 12.1. The van der Waals surface area contributed by atoms with Gasteiger partial charge in [-0.25, -0.2) is 9.59 Å². The molecule has 0 radical (unpaired) electrons. The van der Waals surface area contributed by atoms with Crippen LogP contribution in [-0.4, -0.2) is 100.0 Å². The predicted octanol–water partition coefficient (Wildman–Crippen LogP) is 2.49. The van der Waals surface area contributed by atoms with Gasteiger partial charge >= 0.3 is 12.1 Å². The lowest BCUT2D eigenvalue weighted by Crippen LogP contribution is -2.36. The number of ether oxygens (including phenoxy) is 4. The summed E-state index contributed by atoms with van der Waals surface area (Å²) in [6.45, 7) is 3.52. The van der Waals surface area contributed by atoms with E-state index in [-0.39, 0.29) is 36.2 Å². The third-order valence-corrected chi connectivity index (χ3v) is 8.41. The van der Waals surface area contributed by atoms with Gasteiger partial charge in [-0.1, -0.05) is 18.6 Å². The number of thioether (sulfide) groups is 1. The van der Waals surface area contributed by atoms with Crippen LogP contribution in [0.3, 0.4) is 0 Å². The molecule has 0 unspecified atom stereocenters. The first-order chi connectivity index (χ1) is 19.1. The second-order valence-electron chi connectivity index (χ2n) is 9.99. The van der Waals surface area contributed by atoms with Crippen molar-refractivity contribution in [2.75, 3.05) is 58.5 Å². The van der Waals surface area contributed by atoms with E-state index in [0.29, 0.717) is 64.4 Å². The maximum absolute atomic E-state index is 12.0. The first kappa shape index (κ1) is 31.5. The summed E-state index contributed by atoms with van der Waals surface area (Å²) in [7, 11) is 0. The van der Waals surface area contributed by atoms with Gasteiger partial charge in [0.2, 0.25) is 5.91 Å². The molecular weight excluding hydrogens is 524 g/mol. The lowest BCUT2D eigenvalue weighted by Gasteiger charge is -2.18. The number of rotatable bonds is 18. The first-order valence-corrected chi connectivity index (χ1v) is 15.4. The zero-order valence-corrected chi connectivity index (χ0v) is 23.8. The molecule has 39 heavy (non-hydrogen) atoms. The Labute approximate surface area is 236 Å². The van der Waals surface area contributed by atoms with E-state index in [9.17, 15) is 14.4 Å². The highest BCUT2D eigenvalue weighted by atomic mass is 32.2. The molecule has 2 saturated heterocycles. The summed E-state index contributed by atoms with van der Waals surface area (Å²) >= 11 is 1.90. The number of carbonyl (C=O) groups excluding carboxylic acids is 3. The van der Waals surface area contributed by atoms with Gasteiger partial charge in [0.1, 0.15) is 6.10 Å². The minimum atomic E-state index is -0.381. The molecule has 11 nitrogen and oxygen atoms in total. The molecule has 3 aliphatic rings. The van der Waals surface area contributed by atoms with E-state index < -0.39 is 0 Å². The summed E-state index contributed by atoms with van der Waals surface area (Å²) in [5.74, 6) is 1.00. The number of urea groups is 1. The van der Waals surface area contributed by atoms with Crippen LogP contribution in [0.2, 0.25) is 0 Å². The van der Waals surface area contributed by atoms with Gasteiger partial charge in [-0.05, 0) is 44.9 Å². The number of allylic oxidation sites excluding steroid dienone is 2. The molecule has 0 aromatic heterocycles. The smallest absolute Gasteiger partial charge is 0.407 e. The normalized spacial score (nSPS) is 24.3. The topological polar surface area (TPSA) is 136 Å². The molecule has 4 amide bonds. The Balaban J connectivity index is 1.02. The van der Waals surface area contributed by atoms with Gasteiger partial charge in [-0.3, -0.25) is 4.79 Å². The lowest BCUT2D eigenvalue weighted by atomic mass is 10.0. The average molecular weight is 571 g/mol. The van der Waals surface area contributed by atoms with Crippen molar-refractivity contribution in [1.29, 1.82) is 0 Å². The number of amides is 4. The molecule has 222 valence electrons. The van der Waals surface area contributed by atoms with Crippen LogP contribution in [-0.2, 0) is 23.7 Å². The lowest BCUT2D eigenvalue weighted by molar-refractivity contribution is -0.121. The van der Waals surface area contributed by atoms with Crippen molar-refractivity contribution in [1.82, 2.24) is 21.3 Å². The second-order valence-corrected chi connectivity index (χ2v) is 11.3. The van der Waals surface area contributed by atoms with Crippen LogP contribution in [0.1, 0.15) is 57.8 Å². The van der Waals surface area contributed by atoms with Crippen LogP contribution < -0.4 is 21.3 Å². The number of carbonyl (C=O) groups is 3. The number of hydrogen-bond donors (Lipinski definition) is 4. The highest BCUT2D eigenvalue weighted by Gasteiger charge is 2.42. The van der Waals surface area contributed by atoms with E-state index in [4.69, 9.17) is 18.9 Å². The van der Waals surface area contributed by atoms with Gasteiger partial charge in [0.05, 0.1) is 51.7 Å². The van der Waals surface area contributed by atoms with Crippen molar-refractivity contribution in [3.63, 3.8) is 0 Å². The Morgan fingerprint density at radius 1 is 0.897 bits per heavy atom. The largest absolute Gasteiger partial charge is 0.446 e. The van der Waals surface area contributed by atoms with Gasteiger partial charge in [-0.15, -0.1) is 0 Å². The second kappa shape index (κ2) is 19.1. The van der Waals surface area contributed by atoms with Crippen molar-refractivity contribution in [2.45, 2.75) is 81.2 Å². The third kappa shape index (κ3) is 13.3. The molecule has 0 aromatic carbocycles. The number of fused-ring (bicyclic) bond motifs is 1. The molecule has 2 aliphatic heterocycles. The van der Waals surface area contributed by atoms with E-state index in [1.54, 1.807) is 0 Å². The maximum atomic E-state index is 12.0. The van der Waals surface area contributed by atoms with Gasteiger partial charge in [0.15, 0.2) is 0 Å². The Hall–Kier alpha value is -2.02. The molecule has 12 heteroatoms. The standard InChI is InChI=1S/C27H46N4O7S/c32-24(11-7-6-10-23-25-22(20-39-23)30-26(33)31-25)28-12-14-35-16-18-37-19-17-36-15-13-29-27(34)38-21-8-4-2-1-3-5-9-21/h1-2,21-23,25H,3-20H2,(H,28,32)(H,29,34)(H2,30,31,33)/t21-,22+,23+,25+/m1/s1. The van der Waals surface area contributed by atoms with Crippen LogP contribution in [0.4, 0.5) is 9.59 Å². The van der Waals surface area contributed by atoms with Crippen LogP contribution in [0.15, 0.2) is 12.2 Å². The number of hydrogen-bond acceptors (Lipinski definition) is 8. The summed E-state index contributed by atoms with van der Waals surface area (Å²) in [4.78, 5) is 35.3. The number of unbranched alkanes of at least 4 members (excludes halogenated alkanes) is 1. The molecule has 1 aliphatic carbocycles. The molecule has 3 rings (SSSR count). The van der Waals surface area contributed by atoms with Crippen molar-refractivity contribution >= 4 is 29.8 Å². The molecule has 0 saturated carbocycles. The fourth-order valence-electron chi connectivity index (χ4n) is 4.83. The minimum absolute atomic E-state index is 0.00938. The van der Waals surface area contributed by atoms with Crippen molar-refractivity contribution in [2.24, 2.45) is 0 Å². The average Bonchev–Trinajstić information content (AvgIpc) is 3.45. The fraction of sp³-hybridized carbons (Fsp3) is 0.815. The Kier molecular flexibility index (Phi) is 15.4. The summed E-state index contributed by atoms with van der Waals surface area (Å²) in [5, 5.41) is 12.0. The monoisotopic (exact) mass is 570 g/mol. The summed E-state index contributed by atoms with van der Waals surface area (Å²) in [6, 6.07) is 0.415. The first-order valence-electron chi connectivity index (χ1n) is 14.4. The zero-order chi connectivity index (χ0) is 27.5. The highest BCUT2D eigenvalue weighted by molar-refractivity contribution is 8.00. The zero-order valence-electron chi connectivity index (χ0n) is 23.0. The van der Waals surface area contributed by atoms with E-state index >= 15 is 0 Å². The third-order valence-electron chi connectivity index (χ3n) is 6.90. The molecule has 0 aromatic rings. The Bertz CT molecular complexity index is 772. The summed E-state index contributed by atoms with van der Waals surface area (Å²) in [5.41, 5.74) is 0. The number of alkyl carbamates (subject to hydrolysis) is 1. The predicted molar refractivity (Wildman–Crippen MR) is 150 cm³/mol. The van der Waals surface area contributed by atoms with Crippen LogP contribution in [0.5, 0.6) is 0 Å². The van der Waals surface area contributed by atoms with Crippen LogP contribution in [0, 0.1) is 0 Å². The van der Waals surface area contributed by atoms with Crippen molar-refractivity contribution < 1.29 is 33.3 Å². The molecular formula is C27H46N4O7S. The van der Waals surface area contributed by atoms with Gasteiger partial charge in [0, 0.05) is 30.5 Å².